The van der Waals surface area contributed by atoms with E-state index in [-0.39, 0.29) is 23.6 Å². The third-order valence-corrected chi connectivity index (χ3v) is 4.58. The summed E-state index contributed by atoms with van der Waals surface area (Å²) in [5.74, 6) is -0.322. The molecule has 1 aliphatic carbocycles. The molecule has 22 heavy (non-hydrogen) atoms. The van der Waals surface area contributed by atoms with Gasteiger partial charge in [0.15, 0.2) is 0 Å². The van der Waals surface area contributed by atoms with Crippen molar-refractivity contribution in [1.29, 1.82) is 0 Å². The SMILES string of the molecule is CC(NC(=O)N(C)CC1CCCC1O)c1c(F)cccc1Cl. The van der Waals surface area contributed by atoms with Crippen LogP contribution in [0.25, 0.3) is 0 Å². The van der Waals surface area contributed by atoms with Crippen molar-refractivity contribution in [1.82, 2.24) is 10.2 Å². The van der Waals surface area contributed by atoms with E-state index in [1.807, 2.05) is 0 Å². The Morgan fingerprint density at radius 1 is 1.55 bits per heavy atom. The van der Waals surface area contributed by atoms with Crippen molar-refractivity contribution in [3.05, 3.63) is 34.6 Å². The lowest BCUT2D eigenvalue weighted by molar-refractivity contribution is 0.113. The lowest BCUT2D eigenvalue weighted by atomic mass is 10.1. The fraction of sp³-hybridized carbons (Fsp3) is 0.562. The zero-order valence-corrected chi connectivity index (χ0v) is 13.6. The fourth-order valence-electron chi connectivity index (χ4n) is 2.96. The van der Waals surface area contributed by atoms with Gasteiger partial charge in [-0.15, -0.1) is 0 Å². The molecule has 122 valence electrons. The summed E-state index contributed by atoms with van der Waals surface area (Å²) in [5, 5.41) is 12.9. The van der Waals surface area contributed by atoms with Gasteiger partial charge < -0.3 is 15.3 Å². The number of urea groups is 1. The Labute approximate surface area is 135 Å². The summed E-state index contributed by atoms with van der Waals surface area (Å²) in [5.41, 5.74) is 0.284. The molecule has 0 aromatic heterocycles. The first-order valence-electron chi connectivity index (χ1n) is 7.53. The highest BCUT2D eigenvalue weighted by Gasteiger charge is 2.28. The molecule has 1 fully saturated rings. The number of halogens is 2. The Kier molecular flexibility index (Phi) is 5.64. The molecule has 4 nitrogen and oxygen atoms in total. The number of nitrogens with one attached hydrogen (secondary N) is 1. The number of aliphatic hydroxyl groups excluding tert-OH is 1. The Bertz CT molecular complexity index is 521. The first-order valence-corrected chi connectivity index (χ1v) is 7.91. The third-order valence-electron chi connectivity index (χ3n) is 4.25. The van der Waals surface area contributed by atoms with E-state index in [9.17, 15) is 14.3 Å². The molecule has 0 aliphatic heterocycles. The van der Waals surface area contributed by atoms with Crippen molar-refractivity contribution < 1.29 is 14.3 Å². The van der Waals surface area contributed by atoms with Crippen LogP contribution in [-0.2, 0) is 0 Å². The molecule has 2 rings (SSSR count). The van der Waals surface area contributed by atoms with Gasteiger partial charge in [-0.05, 0) is 31.9 Å². The predicted molar refractivity (Wildman–Crippen MR) is 84.3 cm³/mol. The number of aliphatic hydroxyl groups is 1. The van der Waals surface area contributed by atoms with Crippen LogP contribution >= 0.6 is 11.6 Å². The molecule has 1 saturated carbocycles. The van der Waals surface area contributed by atoms with Crippen LogP contribution in [-0.4, -0.2) is 35.7 Å². The van der Waals surface area contributed by atoms with Crippen molar-refractivity contribution in [2.24, 2.45) is 5.92 Å². The van der Waals surface area contributed by atoms with Crippen LogP contribution in [0.3, 0.4) is 0 Å². The number of nitrogens with zero attached hydrogens (tertiary/aromatic N) is 1. The van der Waals surface area contributed by atoms with Crippen LogP contribution in [0.2, 0.25) is 5.02 Å². The second kappa shape index (κ2) is 7.29. The monoisotopic (exact) mass is 328 g/mol. The number of benzene rings is 1. The predicted octanol–water partition coefficient (Wildman–Crippen LogP) is 3.34. The average molecular weight is 329 g/mol. The van der Waals surface area contributed by atoms with Gasteiger partial charge in [0.25, 0.3) is 0 Å². The fourth-order valence-corrected chi connectivity index (χ4v) is 3.28. The van der Waals surface area contributed by atoms with E-state index in [1.165, 1.54) is 17.0 Å². The van der Waals surface area contributed by atoms with Crippen LogP contribution in [0.15, 0.2) is 18.2 Å². The smallest absolute Gasteiger partial charge is 0.317 e. The van der Waals surface area contributed by atoms with Crippen molar-refractivity contribution in [3.8, 4) is 0 Å². The van der Waals surface area contributed by atoms with E-state index in [0.717, 1.165) is 19.3 Å². The van der Waals surface area contributed by atoms with Gasteiger partial charge in [0.2, 0.25) is 0 Å². The summed E-state index contributed by atoms with van der Waals surface area (Å²) in [6, 6.07) is 3.62. The van der Waals surface area contributed by atoms with Crippen LogP contribution in [0, 0.1) is 11.7 Å². The highest BCUT2D eigenvalue weighted by molar-refractivity contribution is 6.31. The highest BCUT2D eigenvalue weighted by Crippen LogP contribution is 2.27. The van der Waals surface area contributed by atoms with E-state index in [4.69, 9.17) is 11.6 Å². The quantitative estimate of drug-likeness (QED) is 0.890. The summed E-state index contributed by atoms with van der Waals surface area (Å²) in [6.45, 7) is 2.19. The molecule has 0 heterocycles. The molecule has 0 spiro atoms. The van der Waals surface area contributed by atoms with Gasteiger partial charge in [-0.2, -0.15) is 0 Å². The summed E-state index contributed by atoms with van der Waals surface area (Å²) in [7, 11) is 1.68. The van der Waals surface area contributed by atoms with E-state index < -0.39 is 11.9 Å². The van der Waals surface area contributed by atoms with Gasteiger partial charge in [0, 0.05) is 30.1 Å². The van der Waals surface area contributed by atoms with E-state index in [0.29, 0.717) is 11.6 Å². The summed E-state index contributed by atoms with van der Waals surface area (Å²) >= 11 is 6.01. The average Bonchev–Trinajstić information content (AvgIpc) is 2.84. The van der Waals surface area contributed by atoms with Crippen molar-refractivity contribution in [3.63, 3.8) is 0 Å². The zero-order chi connectivity index (χ0) is 16.3. The molecule has 6 heteroatoms. The highest BCUT2D eigenvalue weighted by atomic mass is 35.5. The van der Waals surface area contributed by atoms with Crippen molar-refractivity contribution in [2.75, 3.05) is 13.6 Å². The molecular formula is C16H22ClFN2O2. The number of rotatable bonds is 4. The van der Waals surface area contributed by atoms with Gasteiger partial charge >= 0.3 is 6.03 Å². The second-order valence-corrected chi connectivity index (χ2v) is 6.35. The minimum absolute atomic E-state index is 0.114. The number of carbonyl (C=O) groups is 1. The largest absolute Gasteiger partial charge is 0.393 e. The van der Waals surface area contributed by atoms with Crippen molar-refractivity contribution >= 4 is 17.6 Å². The number of hydrogen-bond acceptors (Lipinski definition) is 2. The van der Waals surface area contributed by atoms with Gasteiger partial charge in [-0.25, -0.2) is 9.18 Å². The Hall–Kier alpha value is -1.33. The molecule has 1 aromatic carbocycles. The van der Waals surface area contributed by atoms with Gasteiger partial charge in [-0.3, -0.25) is 0 Å². The van der Waals surface area contributed by atoms with Crippen LogP contribution in [0.5, 0.6) is 0 Å². The maximum Gasteiger partial charge on any atom is 0.317 e. The molecule has 0 radical (unpaired) electrons. The molecule has 2 N–H and O–H groups in total. The Morgan fingerprint density at radius 2 is 2.27 bits per heavy atom. The number of hydrogen-bond donors (Lipinski definition) is 2. The summed E-state index contributed by atoms with van der Waals surface area (Å²) in [6.07, 6.45) is 2.37. The van der Waals surface area contributed by atoms with Crippen molar-refractivity contribution in [2.45, 2.75) is 38.3 Å². The molecule has 2 amide bonds. The molecule has 3 unspecified atom stereocenters. The summed E-state index contributed by atoms with van der Waals surface area (Å²) in [4.78, 5) is 13.7. The zero-order valence-electron chi connectivity index (χ0n) is 12.9. The Balaban J connectivity index is 1.96. The van der Waals surface area contributed by atoms with Crippen LogP contribution < -0.4 is 5.32 Å². The molecule has 0 bridgehead atoms. The van der Waals surface area contributed by atoms with Gasteiger partial charge in [-0.1, -0.05) is 24.1 Å². The topological polar surface area (TPSA) is 52.6 Å². The minimum Gasteiger partial charge on any atom is -0.393 e. The lowest BCUT2D eigenvalue weighted by Crippen LogP contribution is -2.42. The van der Waals surface area contributed by atoms with Crippen LogP contribution in [0.4, 0.5) is 9.18 Å². The number of amides is 2. The minimum atomic E-state index is -0.530. The molecular weight excluding hydrogens is 307 g/mol. The molecule has 0 saturated heterocycles. The standard InChI is InChI=1S/C16H22ClFN2O2/c1-10(15-12(17)6-4-7-13(15)18)19-16(22)20(2)9-11-5-3-8-14(11)21/h4,6-7,10-11,14,21H,3,5,8-9H2,1-2H3,(H,19,22). The summed E-state index contributed by atoms with van der Waals surface area (Å²) < 4.78 is 13.8. The molecule has 1 aromatic rings. The van der Waals surface area contributed by atoms with Crippen LogP contribution in [0.1, 0.15) is 37.8 Å². The maximum absolute atomic E-state index is 13.8. The normalized spacial score (nSPS) is 22.4. The lowest BCUT2D eigenvalue weighted by Gasteiger charge is -2.26. The third kappa shape index (κ3) is 3.90. The van der Waals surface area contributed by atoms with Gasteiger partial charge in [0.05, 0.1) is 12.1 Å². The molecule has 1 aliphatic rings. The first-order chi connectivity index (χ1) is 10.4. The first kappa shape index (κ1) is 17.0. The van der Waals surface area contributed by atoms with Gasteiger partial charge in [0.1, 0.15) is 5.82 Å². The Morgan fingerprint density at radius 3 is 2.86 bits per heavy atom. The van der Waals surface area contributed by atoms with E-state index in [2.05, 4.69) is 5.32 Å². The van der Waals surface area contributed by atoms with E-state index in [1.54, 1.807) is 20.0 Å². The maximum atomic E-state index is 13.8. The molecule has 3 atom stereocenters. The second-order valence-electron chi connectivity index (χ2n) is 5.95. The van der Waals surface area contributed by atoms with E-state index >= 15 is 0 Å². The number of carbonyl (C=O) groups excluding carboxylic acids is 1.